The Balaban J connectivity index is 1.87. The van der Waals surface area contributed by atoms with Crippen molar-refractivity contribution >= 4 is 5.91 Å². The Morgan fingerprint density at radius 2 is 1.95 bits per heavy atom. The van der Waals surface area contributed by atoms with Crippen LogP contribution in [0.4, 0.5) is 0 Å². The smallest absolute Gasteiger partial charge is 0.220 e. The second-order valence-corrected chi connectivity index (χ2v) is 6.33. The minimum atomic E-state index is -0.257. The van der Waals surface area contributed by atoms with E-state index >= 15 is 0 Å². The highest BCUT2D eigenvalue weighted by Gasteiger charge is 2.26. The third-order valence-corrected chi connectivity index (χ3v) is 4.77. The van der Waals surface area contributed by atoms with E-state index in [9.17, 15) is 4.79 Å². The van der Waals surface area contributed by atoms with Crippen LogP contribution in [0.5, 0.6) is 0 Å². The van der Waals surface area contributed by atoms with Gasteiger partial charge in [-0.3, -0.25) is 4.79 Å². The Hall–Kier alpha value is -1.35. The van der Waals surface area contributed by atoms with Crippen LogP contribution >= 0.6 is 0 Å². The first-order chi connectivity index (χ1) is 10.1. The zero-order chi connectivity index (χ0) is 15.1. The number of carbonyl (C=O) groups excluding carboxylic acids is 1. The first-order valence-electron chi connectivity index (χ1n) is 8.21. The lowest BCUT2D eigenvalue weighted by Gasteiger charge is -2.31. The number of amides is 1. The number of piperidine rings is 1. The lowest BCUT2D eigenvalue weighted by molar-refractivity contribution is -0.123. The molecule has 0 spiro atoms. The third-order valence-electron chi connectivity index (χ3n) is 4.77. The minimum absolute atomic E-state index is 0.182. The normalized spacial score (nSPS) is 19.0. The summed E-state index contributed by atoms with van der Waals surface area (Å²) in [5, 5.41) is 6.62. The molecule has 3 nitrogen and oxygen atoms in total. The van der Waals surface area contributed by atoms with E-state index in [4.69, 9.17) is 0 Å². The van der Waals surface area contributed by atoms with Gasteiger partial charge in [-0.25, -0.2) is 0 Å². The fraction of sp³-hybridized carbons (Fsp3) is 0.611. The van der Waals surface area contributed by atoms with Crippen molar-refractivity contribution in [1.29, 1.82) is 0 Å². The van der Waals surface area contributed by atoms with Crippen LogP contribution in [-0.2, 0) is 10.3 Å². The Kier molecular flexibility index (Phi) is 5.80. The number of hydrogen-bond donors (Lipinski definition) is 2. The van der Waals surface area contributed by atoms with Crippen LogP contribution in [0.15, 0.2) is 30.3 Å². The molecule has 0 aliphatic carbocycles. The van der Waals surface area contributed by atoms with Crippen molar-refractivity contribution in [3.63, 3.8) is 0 Å². The van der Waals surface area contributed by atoms with E-state index in [1.165, 1.54) is 18.4 Å². The average Bonchev–Trinajstić information content (AvgIpc) is 2.54. The molecule has 21 heavy (non-hydrogen) atoms. The van der Waals surface area contributed by atoms with Crippen molar-refractivity contribution in [1.82, 2.24) is 10.6 Å². The van der Waals surface area contributed by atoms with E-state index in [0.29, 0.717) is 12.3 Å². The Labute approximate surface area is 128 Å². The molecule has 1 aromatic rings. The highest BCUT2D eigenvalue weighted by atomic mass is 16.1. The summed E-state index contributed by atoms with van der Waals surface area (Å²) in [5.74, 6) is 0.892. The molecule has 2 N–H and O–H groups in total. The van der Waals surface area contributed by atoms with Crippen LogP contribution in [0.25, 0.3) is 0 Å². The maximum Gasteiger partial charge on any atom is 0.220 e. The van der Waals surface area contributed by atoms with Gasteiger partial charge in [-0.1, -0.05) is 37.3 Å². The van der Waals surface area contributed by atoms with Gasteiger partial charge < -0.3 is 10.6 Å². The zero-order valence-corrected chi connectivity index (χ0v) is 13.3. The van der Waals surface area contributed by atoms with Crippen molar-refractivity contribution in [2.45, 2.75) is 51.5 Å². The summed E-state index contributed by atoms with van der Waals surface area (Å²) in [7, 11) is 0. The molecule has 0 radical (unpaired) electrons. The van der Waals surface area contributed by atoms with Crippen molar-refractivity contribution < 1.29 is 4.79 Å². The van der Waals surface area contributed by atoms with E-state index in [-0.39, 0.29) is 11.4 Å². The molecule has 0 saturated carbocycles. The van der Waals surface area contributed by atoms with Crippen LogP contribution in [0.2, 0.25) is 0 Å². The standard InChI is InChI=1S/C18H28N2O/c1-3-18(2,16-7-5-4-6-8-16)20-17(21)10-9-15-11-13-19-14-12-15/h4-8,15,19H,3,9-14H2,1-2H3,(H,20,21)/t18-/m1/s1. The molecule has 2 rings (SSSR count). The Morgan fingerprint density at radius 3 is 2.57 bits per heavy atom. The van der Waals surface area contributed by atoms with Gasteiger partial charge in [0.25, 0.3) is 0 Å². The molecule has 0 aromatic heterocycles. The maximum atomic E-state index is 12.3. The molecular formula is C18H28N2O. The Bertz CT molecular complexity index is 440. The lowest BCUT2D eigenvalue weighted by Crippen LogP contribution is -2.43. The van der Waals surface area contributed by atoms with E-state index in [1.54, 1.807) is 0 Å². The van der Waals surface area contributed by atoms with Crippen molar-refractivity contribution in [3.8, 4) is 0 Å². The van der Waals surface area contributed by atoms with Gasteiger partial charge in [0.2, 0.25) is 5.91 Å². The van der Waals surface area contributed by atoms with Crippen LogP contribution in [0.1, 0.15) is 51.5 Å². The molecule has 1 heterocycles. The molecule has 1 aromatic carbocycles. The van der Waals surface area contributed by atoms with E-state index in [0.717, 1.165) is 25.9 Å². The van der Waals surface area contributed by atoms with Gasteiger partial charge in [-0.05, 0) is 57.2 Å². The molecule has 0 unspecified atom stereocenters. The first kappa shape index (κ1) is 16.0. The summed E-state index contributed by atoms with van der Waals surface area (Å²) in [6.45, 7) is 6.44. The molecular weight excluding hydrogens is 260 g/mol. The van der Waals surface area contributed by atoms with Gasteiger partial charge in [-0.2, -0.15) is 0 Å². The monoisotopic (exact) mass is 288 g/mol. The van der Waals surface area contributed by atoms with Crippen molar-refractivity contribution in [2.75, 3.05) is 13.1 Å². The van der Waals surface area contributed by atoms with Gasteiger partial charge in [0.05, 0.1) is 5.54 Å². The Morgan fingerprint density at radius 1 is 1.29 bits per heavy atom. The van der Waals surface area contributed by atoms with E-state index in [1.807, 2.05) is 18.2 Å². The van der Waals surface area contributed by atoms with Gasteiger partial charge >= 0.3 is 0 Å². The predicted octanol–water partition coefficient (Wildman–Crippen LogP) is 3.21. The van der Waals surface area contributed by atoms with Gasteiger partial charge in [0, 0.05) is 6.42 Å². The molecule has 1 aliphatic heterocycles. The summed E-state index contributed by atoms with van der Waals surface area (Å²) in [4.78, 5) is 12.3. The highest BCUT2D eigenvalue weighted by Crippen LogP contribution is 2.25. The molecule has 116 valence electrons. The first-order valence-corrected chi connectivity index (χ1v) is 8.21. The second-order valence-electron chi connectivity index (χ2n) is 6.33. The van der Waals surface area contributed by atoms with Crippen LogP contribution in [-0.4, -0.2) is 19.0 Å². The minimum Gasteiger partial charge on any atom is -0.347 e. The lowest BCUT2D eigenvalue weighted by atomic mass is 9.88. The number of nitrogens with one attached hydrogen (secondary N) is 2. The van der Waals surface area contributed by atoms with Crippen LogP contribution in [0.3, 0.4) is 0 Å². The maximum absolute atomic E-state index is 12.3. The summed E-state index contributed by atoms with van der Waals surface area (Å²) in [6.07, 6.45) is 4.97. The largest absolute Gasteiger partial charge is 0.347 e. The third kappa shape index (κ3) is 4.57. The van der Waals surface area contributed by atoms with E-state index in [2.05, 4.69) is 36.6 Å². The number of rotatable bonds is 6. The fourth-order valence-corrected chi connectivity index (χ4v) is 3.05. The van der Waals surface area contributed by atoms with Gasteiger partial charge in [-0.15, -0.1) is 0 Å². The quantitative estimate of drug-likeness (QED) is 0.844. The number of carbonyl (C=O) groups is 1. The topological polar surface area (TPSA) is 41.1 Å². The zero-order valence-electron chi connectivity index (χ0n) is 13.3. The van der Waals surface area contributed by atoms with Crippen LogP contribution in [0, 0.1) is 5.92 Å². The average molecular weight is 288 g/mol. The molecule has 3 heteroatoms. The van der Waals surface area contributed by atoms with Gasteiger partial charge in [0.1, 0.15) is 0 Å². The SMILES string of the molecule is CC[C@@](C)(NC(=O)CCC1CCNCC1)c1ccccc1. The molecule has 1 amide bonds. The van der Waals surface area contributed by atoms with E-state index < -0.39 is 0 Å². The van der Waals surface area contributed by atoms with Crippen molar-refractivity contribution in [3.05, 3.63) is 35.9 Å². The summed E-state index contributed by atoms with van der Waals surface area (Å²) < 4.78 is 0. The highest BCUT2D eigenvalue weighted by molar-refractivity contribution is 5.77. The molecule has 0 bridgehead atoms. The fourth-order valence-electron chi connectivity index (χ4n) is 3.05. The van der Waals surface area contributed by atoms with Gasteiger partial charge in [0.15, 0.2) is 0 Å². The molecule has 1 saturated heterocycles. The summed E-state index contributed by atoms with van der Waals surface area (Å²) >= 11 is 0. The van der Waals surface area contributed by atoms with Crippen LogP contribution < -0.4 is 10.6 Å². The predicted molar refractivity (Wildman–Crippen MR) is 87.1 cm³/mol. The number of hydrogen-bond acceptors (Lipinski definition) is 2. The molecule has 1 atom stereocenters. The summed E-state index contributed by atoms with van der Waals surface area (Å²) in [6, 6.07) is 10.3. The molecule has 1 aliphatic rings. The number of benzene rings is 1. The molecule has 1 fully saturated rings. The summed E-state index contributed by atoms with van der Waals surface area (Å²) in [5.41, 5.74) is 0.926. The second kappa shape index (κ2) is 7.60. The van der Waals surface area contributed by atoms with Crippen molar-refractivity contribution in [2.24, 2.45) is 5.92 Å².